The van der Waals surface area contributed by atoms with E-state index in [4.69, 9.17) is 0 Å². The molecule has 0 saturated heterocycles. The zero-order valence-corrected chi connectivity index (χ0v) is 21.0. The van der Waals surface area contributed by atoms with Crippen LogP contribution < -0.4 is 10.4 Å². The van der Waals surface area contributed by atoms with E-state index in [0.29, 0.717) is 0 Å². The molecule has 4 aromatic rings. The summed E-state index contributed by atoms with van der Waals surface area (Å²) in [6, 6.07) is 35.4. The molecule has 0 aliphatic rings. The first-order valence-corrected chi connectivity index (χ1v) is 14.6. The Kier molecular flexibility index (Phi) is 6.91. The van der Waals surface area contributed by atoms with Gasteiger partial charge < -0.3 is 0 Å². The van der Waals surface area contributed by atoms with Gasteiger partial charge in [0.25, 0.3) is 0 Å². The summed E-state index contributed by atoms with van der Waals surface area (Å²) in [5, 5.41) is 2.91. The number of hydrogen-bond acceptors (Lipinski definition) is 0. The van der Waals surface area contributed by atoms with Crippen molar-refractivity contribution in [3.05, 3.63) is 130 Å². The molecule has 0 nitrogen and oxygen atoms in total. The molecule has 0 heterocycles. The van der Waals surface area contributed by atoms with Crippen LogP contribution in [0.3, 0.4) is 0 Å². The highest BCUT2D eigenvalue weighted by Crippen LogP contribution is 2.13. The maximum atomic E-state index is 2.43. The van der Waals surface area contributed by atoms with E-state index in [9.17, 15) is 0 Å². The van der Waals surface area contributed by atoms with Gasteiger partial charge in [-0.05, 0) is 36.1 Å². The monoisotopic (exact) mass is 444 g/mol. The summed E-state index contributed by atoms with van der Waals surface area (Å²) in [6.45, 7) is 9.13. The molecule has 1 heteroatoms. The van der Waals surface area contributed by atoms with Crippen LogP contribution in [0.2, 0.25) is 13.1 Å². The van der Waals surface area contributed by atoms with Gasteiger partial charge in [0.05, 0.1) is 0 Å². The Morgan fingerprint density at radius 1 is 0.455 bits per heavy atom. The zero-order valence-electron chi connectivity index (χ0n) is 20.0. The number of benzene rings is 4. The van der Waals surface area contributed by atoms with Crippen LogP contribution in [0.5, 0.6) is 0 Å². The van der Waals surface area contributed by atoms with Gasteiger partial charge >= 0.3 is 0 Å². The molecule has 0 spiro atoms. The first-order valence-electron chi connectivity index (χ1n) is 11.6. The SMILES string of the molecule is Cc1cccc(C=Cc2ccc([Si](C)(C)c3ccc(C=Cc4cccc(C)c4)cc3)cc2)c1. The predicted molar refractivity (Wildman–Crippen MR) is 150 cm³/mol. The second-order valence-electron chi connectivity index (χ2n) is 9.36. The summed E-state index contributed by atoms with van der Waals surface area (Å²) in [5.74, 6) is 0. The van der Waals surface area contributed by atoms with Crippen molar-refractivity contribution in [2.75, 3.05) is 0 Å². The fourth-order valence-electron chi connectivity index (χ4n) is 4.12. The minimum absolute atomic E-state index is 1.24. The lowest BCUT2D eigenvalue weighted by molar-refractivity contribution is 1.46. The Hall–Kier alpha value is -3.42. The maximum absolute atomic E-state index is 2.43. The molecule has 0 aromatic heterocycles. The Balaban J connectivity index is 1.47. The van der Waals surface area contributed by atoms with E-state index in [1.54, 1.807) is 0 Å². The summed E-state index contributed by atoms with van der Waals surface area (Å²) < 4.78 is 0. The summed E-state index contributed by atoms with van der Waals surface area (Å²) in [5.41, 5.74) is 7.54. The summed E-state index contributed by atoms with van der Waals surface area (Å²) in [6.07, 6.45) is 8.77. The molecule has 0 amide bonds. The Bertz CT molecular complexity index is 1170. The maximum Gasteiger partial charge on any atom is 0.112 e. The van der Waals surface area contributed by atoms with Gasteiger partial charge in [0.1, 0.15) is 8.07 Å². The largest absolute Gasteiger partial charge is 0.112 e. The molecular formula is C32H32Si. The van der Waals surface area contributed by atoms with Crippen LogP contribution in [-0.4, -0.2) is 8.07 Å². The average molecular weight is 445 g/mol. The lowest BCUT2D eigenvalue weighted by atomic mass is 10.1. The Morgan fingerprint density at radius 2 is 0.818 bits per heavy atom. The van der Waals surface area contributed by atoms with E-state index in [2.05, 4.69) is 148 Å². The lowest BCUT2D eigenvalue weighted by Crippen LogP contribution is -2.52. The topological polar surface area (TPSA) is 0 Å². The Morgan fingerprint density at radius 3 is 1.18 bits per heavy atom. The summed E-state index contributed by atoms with van der Waals surface area (Å²) >= 11 is 0. The third-order valence-corrected chi connectivity index (χ3v) is 9.84. The first kappa shape index (κ1) is 22.8. The summed E-state index contributed by atoms with van der Waals surface area (Å²) in [4.78, 5) is 0. The van der Waals surface area contributed by atoms with Gasteiger partial charge in [0.15, 0.2) is 0 Å². The molecule has 33 heavy (non-hydrogen) atoms. The van der Waals surface area contributed by atoms with Crippen molar-refractivity contribution in [2.24, 2.45) is 0 Å². The van der Waals surface area contributed by atoms with Crippen molar-refractivity contribution in [1.29, 1.82) is 0 Å². The van der Waals surface area contributed by atoms with Crippen molar-refractivity contribution in [2.45, 2.75) is 26.9 Å². The van der Waals surface area contributed by atoms with Crippen molar-refractivity contribution < 1.29 is 0 Å². The van der Waals surface area contributed by atoms with E-state index in [1.165, 1.54) is 43.8 Å². The Labute approximate surface area is 200 Å². The van der Waals surface area contributed by atoms with E-state index in [-0.39, 0.29) is 0 Å². The second kappa shape index (κ2) is 10.0. The smallest absolute Gasteiger partial charge is 0.0620 e. The molecule has 0 fully saturated rings. The van der Waals surface area contributed by atoms with Gasteiger partial charge in [0.2, 0.25) is 0 Å². The third-order valence-electron chi connectivity index (χ3n) is 6.29. The molecule has 0 N–H and O–H groups in total. The van der Waals surface area contributed by atoms with Crippen LogP contribution in [0.1, 0.15) is 33.4 Å². The summed E-state index contributed by atoms with van der Waals surface area (Å²) in [7, 11) is -1.74. The quantitative estimate of drug-likeness (QED) is 0.214. The number of rotatable bonds is 6. The molecule has 4 aromatic carbocycles. The molecule has 0 saturated carbocycles. The van der Waals surface area contributed by atoms with Crippen molar-refractivity contribution in [3.63, 3.8) is 0 Å². The highest BCUT2D eigenvalue weighted by molar-refractivity contribution is 7.00. The van der Waals surface area contributed by atoms with Gasteiger partial charge in [-0.25, -0.2) is 0 Å². The normalized spacial score (nSPS) is 12.0. The highest BCUT2D eigenvalue weighted by atomic mass is 28.3. The van der Waals surface area contributed by atoms with E-state index < -0.39 is 8.07 Å². The first-order chi connectivity index (χ1) is 15.9. The van der Waals surface area contributed by atoms with E-state index in [1.807, 2.05) is 0 Å². The molecule has 0 unspecified atom stereocenters. The van der Waals surface area contributed by atoms with Gasteiger partial charge in [-0.15, -0.1) is 0 Å². The third kappa shape index (κ3) is 5.88. The fourth-order valence-corrected chi connectivity index (χ4v) is 6.45. The molecule has 164 valence electrons. The van der Waals surface area contributed by atoms with Crippen LogP contribution in [0.25, 0.3) is 24.3 Å². The number of aryl methyl sites for hydroxylation is 2. The van der Waals surface area contributed by atoms with E-state index >= 15 is 0 Å². The molecule has 0 radical (unpaired) electrons. The number of hydrogen-bond donors (Lipinski definition) is 0. The molecule has 4 rings (SSSR count). The lowest BCUT2D eigenvalue weighted by Gasteiger charge is -2.24. The second-order valence-corrected chi connectivity index (χ2v) is 13.8. The molecule has 0 bridgehead atoms. The van der Waals surface area contributed by atoms with Crippen molar-refractivity contribution in [1.82, 2.24) is 0 Å². The molecule has 0 aliphatic heterocycles. The van der Waals surface area contributed by atoms with Gasteiger partial charge in [0, 0.05) is 0 Å². The van der Waals surface area contributed by atoms with Crippen LogP contribution >= 0.6 is 0 Å². The molecule has 0 atom stereocenters. The minimum Gasteiger partial charge on any atom is -0.0620 e. The van der Waals surface area contributed by atoms with Crippen molar-refractivity contribution >= 4 is 42.8 Å². The molecule has 0 aliphatic carbocycles. The van der Waals surface area contributed by atoms with Gasteiger partial charge in [-0.1, -0.05) is 156 Å². The molecular weight excluding hydrogens is 412 g/mol. The highest BCUT2D eigenvalue weighted by Gasteiger charge is 2.25. The van der Waals surface area contributed by atoms with Crippen LogP contribution in [-0.2, 0) is 0 Å². The minimum atomic E-state index is -1.74. The van der Waals surface area contributed by atoms with E-state index in [0.717, 1.165) is 0 Å². The van der Waals surface area contributed by atoms with Crippen molar-refractivity contribution in [3.8, 4) is 0 Å². The van der Waals surface area contributed by atoms with Gasteiger partial charge in [-0.2, -0.15) is 0 Å². The fraction of sp³-hybridized carbons (Fsp3) is 0.125. The standard InChI is InChI=1S/C32H32Si/c1-25-7-5-9-29(23-25)13-11-27-15-19-31(20-16-27)33(3,4)32-21-17-28(18-22-32)12-14-30-10-6-8-26(2)24-30/h5-24H,1-4H3. The van der Waals surface area contributed by atoms with Crippen LogP contribution in [0.15, 0.2) is 97.1 Å². The van der Waals surface area contributed by atoms with Crippen LogP contribution in [0.4, 0.5) is 0 Å². The zero-order chi connectivity index (χ0) is 23.3. The predicted octanol–water partition coefficient (Wildman–Crippen LogP) is 7.47. The van der Waals surface area contributed by atoms with Gasteiger partial charge in [-0.3, -0.25) is 0 Å². The van der Waals surface area contributed by atoms with Crippen LogP contribution in [0, 0.1) is 13.8 Å². The average Bonchev–Trinajstić information content (AvgIpc) is 2.82.